The van der Waals surface area contributed by atoms with Crippen molar-refractivity contribution >= 4 is 5.97 Å². The molecule has 1 aliphatic carbocycles. The van der Waals surface area contributed by atoms with Crippen molar-refractivity contribution in [1.29, 1.82) is 0 Å². The normalized spacial score (nSPS) is 21.3. The first-order chi connectivity index (χ1) is 5.33. The monoisotopic (exact) mass is 183 g/mol. The topological polar surface area (TPSA) is 52.3 Å². The molecule has 0 bridgehead atoms. The molecule has 1 saturated carbocycles. The molecule has 0 amide bonds. The maximum Gasteiger partial charge on any atom is 0.490 e. The van der Waals surface area contributed by atoms with Crippen LogP contribution in [0.25, 0.3) is 0 Å². The Morgan fingerprint density at radius 2 is 1.92 bits per heavy atom. The number of nitrogens with two attached hydrogens (primary N) is 1. The van der Waals surface area contributed by atoms with Gasteiger partial charge in [-0.3, -0.25) is 5.73 Å². The van der Waals surface area contributed by atoms with Crippen LogP contribution in [0, 0.1) is 0 Å². The van der Waals surface area contributed by atoms with Crippen LogP contribution in [0.1, 0.15) is 19.3 Å². The molecule has 6 heteroatoms. The highest BCUT2D eigenvalue weighted by molar-refractivity contribution is 5.76. The van der Waals surface area contributed by atoms with Crippen LogP contribution in [0.3, 0.4) is 0 Å². The van der Waals surface area contributed by atoms with Gasteiger partial charge in [0, 0.05) is 12.8 Å². The molecule has 3 nitrogen and oxygen atoms in total. The quantitative estimate of drug-likeness (QED) is 0.486. The van der Waals surface area contributed by atoms with Gasteiger partial charge in [-0.25, -0.2) is 4.79 Å². The molecule has 0 aromatic rings. The van der Waals surface area contributed by atoms with E-state index in [9.17, 15) is 18.0 Å². The van der Waals surface area contributed by atoms with Gasteiger partial charge in [-0.1, -0.05) is 0 Å². The average molecular weight is 183 g/mol. The summed E-state index contributed by atoms with van der Waals surface area (Å²) >= 11 is 0. The van der Waals surface area contributed by atoms with Crippen LogP contribution in [-0.2, 0) is 9.53 Å². The molecule has 1 fully saturated rings. The Morgan fingerprint density at radius 1 is 1.42 bits per heavy atom. The van der Waals surface area contributed by atoms with E-state index in [0.29, 0.717) is 19.3 Å². The van der Waals surface area contributed by atoms with Crippen LogP contribution in [0.4, 0.5) is 13.2 Å². The number of carbonyl (C=O) groups excluding carboxylic acids is 1. The summed E-state index contributed by atoms with van der Waals surface area (Å²) in [6.07, 6.45) is -3.65. The van der Waals surface area contributed by atoms with E-state index in [-0.39, 0.29) is 0 Å². The average Bonchev–Trinajstić information content (AvgIpc) is 1.82. The molecular formula is C6H8F3NO2. The van der Waals surface area contributed by atoms with Gasteiger partial charge in [0.2, 0.25) is 0 Å². The van der Waals surface area contributed by atoms with E-state index in [0.717, 1.165) is 0 Å². The van der Waals surface area contributed by atoms with Crippen molar-refractivity contribution < 1.29 is 22.7 Å². The molecule has 2 N–H and O–H groups in total. The van der Waals surface area contributed by atoms with Crippen LogP contribution in [0.15, 0.2) is 0 Å². The lowest BCUT2D eigenvalue weighted by atomic mass is 9.89. The Morgan fingerprint density at radius 3 is 2.17 bits per heavy atom. The zero-order valence-electron chi connectivity index (χ0n) is 6.15. The summed E-state index contributed by atoms with van der Waals surface area (Å²) in [6, 6.07) is 0. The highest BCUT2D eigenvalue weighted by atomic mass is 19.4. The predicted octanol–water partition coefficient (Wildman–Crippen LogP) is 0.931. The van der Waals surface area contributed by atoms with Gasteiger partial charge < -0.3 is 4.74 Å². The first-order valence-corrected chi connectivity index (χ1v) is 3.43. The summed E-state index contributed by atoms with van der Waals surface area (Å²) in [5, 5.41) is 0. The number of alkyl halides is 3. The van der Waals surface area contributed by atoms with Gasteiger partial charge >= 0.3 is 12.1 Å². The molecule has 70 valence electrons. The Bertz CT molecular complexity index is 197. The standard InChI is InChI=1S/C6H8F3NO2/c7-6(8,9)4(11)12-5(10)2-1-3-5/h1-3,10H2. The van der Waals surface area contributed by atoms with Crippen LogP contribution < -0.4 is 5.73 Å². The first kappa shape index (κ1) is 9.31. The van der Waals surface area contributed by atoms with E-state index < -0.39 is 17.9 Å². The van der Waals surface area contributed by atoms with E-state index >= 15 is 0 Å². The van der Waals surface area contributed by atoms with Gasteiger partial charge in [-0.05, 0) is 6.42 Å². The minimum atomic E-state index is -4.94. The number of ether oxygens (including phenoxy) is 1. The molecule has 0 aromatic heterocycles. The fraction of sp³-hybridized carbons (Fsp3) is 0.833. The Hall–Kier alpha value is -0.780. The molecule has 0 aliphatic heterocycles. The largest absolute Gasteiger partial charge is 0.490 e. The summed E-state index contributed by atoms with van der Waals surface area (Å²) in [5.41, 5.74) is 3.89. The summed E-state index contributed by atoms with van der Waals surface area (Å²) in [6.45, 7) is 0. The molecule has 0 heterocycles. The van der Waals surface area contributed by atoms with Crippen LogP contribution in [-0.4, -0.2) is 17.9 Å². The third kappa shape index (κ3) is 1.88. The third-order valence-corrected chi connectivity index (χ3v) is 1.73. The predicted molar refractivity (Wildman–Crippen MR) is 32.9 cm³/mol. The minimum absolute atomic E-state index is 0.300. The minimum Gasteiger partial charge on any atom is -0.437 e. The van der Waals surface area contributed by atoms with E-state index in [2.05, 4.69) is 4.74 Å². The number of halogens is 3. The number of hydrogen-bond donors (Lipinski definition) is 1. The molecule has 0 atom stereocenters. The Kier molecular flexibility index (Phi) is 2.03. The van der Waals surface area contributed by atoms with Crippen molar-refractivity contribution in [2.45, 2.75) is 31.2 Å². The van der Waals surface area contributed by atoms with Crippen molar-refractivity contribution in [1.82, 2.24) is 0 Å². The molecule has 0 spiro atoms. The lowest BCUT2D eigenvalue weighted by molar-refractivity contribution is -0.220. The zero-order chi connectivity index (χ0) is 9.41. The SMILES string of the molecule is NC1(OC(=O)C(F)(F)F)CCC1. The maximum absolute atomic E-state index is 11.6. The Labute approximate surface area is 66.7 Å². The lowest BCUT2D eigenvalue weighted by Gasteiger charge is -2.36. The highest BCUT2D eigenvalue weighted by Gasteiger charge is 2.47. The molecular weight excluding hydrogens is 175 g/mol. The summed E-state index contributed by atoms with van der Waals surface area (Å²) in [7, 11) is 0. The highest BCUT2D eigenvalue weighted by Crippen LogP contribution is 2.32. The van der Waals surface area contributed by atoms with Crippen LogP contribution in [0.5, 0.6) is 0 Å². The van der Waals surface area contributed by atoms with Crippen molar-refractivity contribution in [2.75, 3.05) is 0 Å². The van der Waals surface area contributed by atoms with Gasteiger partial charge in [-0.2, -0.15) is 13.2 Å². The second-order valence-corrected chi connectivity index (χ2v) is 2.81. The first-order valence-electron chi connectivity index (χ1n) is 3.43. The van der Waals surface area contributed by atoms with Gasteiger partial charge in [0.1, 0.15) is 0 Å². The van der Waals surface area contributed by atoms with Gasteiger partial charge in [0.25, 0.3) is 0 Å². The number of hydrogen-bond acceptors (Lipinski definition) is 3. The molecule has 0 aromatic carbocycles. The third-order valence-electron chi connectivity index (χ3n) is 1.73. The van der Waals surface area contributed by atoms with Gasteiger partial charge in [-0.15, -0.1) is 0 Å². The fourth-order valence-electron chi connectivity index (χ4n) is 0.870. The van der Waals surface area contributed by atoms with Crippen molar-refractivity contribution in [3.05, 3.63) is 0 Å². The number of rotatable bonds is 1. The van der Waals surface area contributed by atoms with Crippen molar-refractivity contribution in [3.8, 4) is 0 Å². The molecule has 0 saturated heterocycles. The Balaban J connectivity index is 2.46. The molecule has 0 radical (unpaired) electrons. The van der Waals surface area contributed by atoms with E-state index in [1.165, 1.54) is 0 Å². The molecule has 0 unspecified atom stereocenters. The lowest BCUT2D eigenvalue weighted by Crippen LogP contribution is -2.52. The number of esters is 1. The van der Waals surface area contributed by atoms with E-state index in [4.69, 9.17) is 5.73 Å². The van der Waals surface area contributed by atoms with Crippen LogP contribution in [0.2, 0.25) is 0 Å². The maximum atomic E-state index is 11.6. The summed E-state index contributed by atoms with van der Waals surface area (Å²) in [4.78, 5) is 10.2. The molecule has 12 heavy (non-hydrogen) atoms. The second kappa shape index (κ2) is 2.62. The summed E-state index contributed by atoms with van der Waals surface area (Å²) < 4.78 is 38.9. The number of carbonyl (C=O) groups is 1. The molecule has 1 aliphatic rings. The smallest absolute Gasteiger partial charge is 0.437 e. The van der Waals surface area contributed by atoms with Crippen molar-refractivity contribution in [2.24, 2.45) is 5.73 Å². The zero-order valence-corrected chi connectivity index (χ0v) is 6.15. The van der Waals surface area contributed by atoms with Crippen LogP contribution >= 0.6 is 0 Å². The second-order valence-electron chi connectivity index (χ2n) is 2.81. The molecule has 1 rings (SSSR count). The van der Waals surface area contributed by atoms with Crippen molar-refractivity contribution in [3.63, 3.8) is 0 Å². The van der Waals surface area contributed by atoms with Gasteiger partial charge in [0.05, 0.1) is 0 Å². The van der Waals surface area contributed by atoms with E-state index in [1.807, 2.05) is 0 Å². The van der Waals surface area contributed by atoms with Gasteiger partial charge in [0.15, 0.2) is 5.72 Å². The summed E-state index contributed by atoms with van der Waals surface area (Å²) in [5.74, 6) is -2.20. The fourth-order valence-corrected chi connectivity index (χ4v) is 0.870. The van der Waals surface area contributed by atoms with E-state index in [1.54, 1.807) is 0 Å².